The molecule has 4 rings (SSSR count). The zero-order valence-electron chi connectivity index (χ0n) is 16.3. The molecule has 146 valence electrons. The lowest BCUT2D eigenvalue weighted by Gasteiger charge is -2.27. The van der Waals surface area contributed by atoms with Crippen LogP contribution >= 0.6 is 11.3 Å². The zero-order chi connectivity index (χ0) is 19.5. The first-order valence-electron chi connectivity index (χ1n) is 9.71. The van der Waals surface area contributed by atoms with Crippen LogP contribution in [0.1, 0.15) is 36.3 Å². The molecule has 0 atom stereocenters. The lowest BCUT2D eigenvalue weighted by Crippen LogP contribution is -2.30. The van der Waals surface area contributed by atoms with Crippen molar-refractivity contribution in [2.24, 2.45) is 0 Å². The zero-order valence-corrected chi connectivity index (χ0v) is 17.1. The van der Waals surface area contributed by atoms with Gasteiger partial charge in [0, 0.05) is 29.9 Å². The van der Waals surface area contributed by atoms with E-state index in [1.165, 1.54) is 19.3 Å². The Kier molecular flexibility index (Phi) is 5.43. The summed E-state index contributed by atoms with van der Waals surface area (Å²) < 4.78 is 2.11. The fourth-order valence-corrected chi connectivity index (χ4v) is 4.53. The number of rotatable bonds is 5. The van der Waals surface area contributed by atoms with Gasteiger partial charge in [-0.25, -0.2) is 9.97 Å². The minimum Gasteiger partial charge on any atom is -0.357 e. The predicted octanol–water partition coefficient (Wildman–Crippen LogP) is 4.12. The summed E-state index contributed by atoms with van der Waals surface area (Å²) in [4.78, 5) is 23.9. The molecule has 1 aliphatic heterocycles. The Balaban J connectivity index is 1.37. The van der Waals surface area contributed by atoms with Crippen molar-refractivity contribution in [1.82, 2.24) is 14.5 Å². The average Bonchev–Trinajstić information content (AvgIpc) is 3.28. The summed E-state index contributed by atoms with van der Waals surface area (Å²) in [5, 5.41) is 5.77. The predicted molar refractivity (Wildman–Crippen MR) is 114 cm³/mol. The van der Waals surface area contributed by atoms with Crippen molar-refractivity contribution in [3.63, 3.8) is 0 Å². The van der Waals surface area contributed by atoms with Crippen LogP contribution in [-0.2, 0) is 11.2 Å². The highest BCUT2D eigenvalue weighted by molar-refractivity contribution is 7.12. The molecule has 1 fully saturated rings. The number of nitrogens with one attached hydrogen (secondary N) is 1. The highest BCUT2D eigenvalue weighted by Crippen LogP contribution is 2.21. The SMILES string of the molecule is Cc1ccc(C)n1-c1nc(CC(=O)Nc2ccc(N3CCCCC3)nc2)cs1. The molecule has 0 bridgehead atoms. The maximum Gasteiger partial charge on any atom is 0.230 e. The number of pyridine rings is 1. The number of carbonyl (C=O) groups excluding carboxylic acids is 1. The molecule has 6 nitrogen and oxygen atoms in total. The van der Waals surface area contributed by atoms with Crippen molar-refractivity contribution < 1.29 is 4.79 Å². The van der Waals surface area contributed by atoms with E-state index in [-0.39, 0.29) is 12.3 Å². The van der Waals surface area contributed by atoms with Crippen molar-refractivity contribution >= 4 is 28.7 Å². The van der Waals surface area contributed by atoms with E-state index >= 15 is 0 Å². The molecule has 1 amide bonds. The summed E-state index contributed by atoms with van der Waals surface area (Å²) in [6.45, 7) is 6.24. The fraction of sp³-hybridized carbons (Fsp3) is 0.381. The second-order valence-corrected chi connectivity index (χ2v) is 8.09. The first-order valence-corrected chi connectivity index (χ1v) is 10.6. The summed E-state index contributed by atoms with van der Waals surface area (Å²) in [6, 6.07) is 8.06. The Hall–Kier alpha value is -2.67. The maximum atomic E-state index is 12.4. The number of amides is 1. The summed E-state index contributed by atoms with van der Waals surface area (Å²) in [6.07, 6.45) is 5.73. The Bertz CT molecular complexity index is 934. The van der Waals surface area contributed by atoms with Gasteiger partial charge in [-0.2, -0.15) is 0 Å². The number of thiazole rings is 1. The van der Waals surface area contributed by atoms with Crippen LogP contribution in [0.15, 0.2) is 35.8 Å². The highest BCUT2D eigenvalue weighted by Gasteiger charge is 2.14. The van der Waals surface area contributed by atoms with E-state index in [4.69, 9.17) is 0 Å². The molecule has 0 spiro atoms. The van der Waals surface area contributed by atoms with Gasteiger partial charge in [0.05, 0.1) is 24.0 Å². The fourth-order valence-electron chi connectivity index (χ4n) is 3.59. The number of carbonyl (C=O) groups is 1. The molecule has 7 heteroatoms. The van der Waals surface area contributed by atoms with E-state index in [0.717, 1.165) is 46.8 Å². The van der Waals surface area contributed by atoms with Gasteiger partial charge in [-0.1, -0.05) is 0 Å². The number of nitrogens with zero attached hydrogens (tertiary/aromatic N) is 4. The molecule has 0 saturated carbocycles. The van der Waals surface area contributed by atoms with Crippen LogP contribution in [0.25, 0.3) is 5.13 Å². The molecular formula is C21H25N5OS. The Morgan fingerprint density at radius 3 is 2.54 bits per heavy atom. The van der Waals surface area contributed by atoms with Gasteiger partial charge in [-0.3, -0.25) is 9.36 Å². The highest BCUT2D eigenvalue weighted by atomic mass is 32.1. The Labute approximate surface area is 169 Å². The number of hydrogen-bond donors (Lipinski definition) is 1. The molecule has 1 N–H and O–H groups in total. The largest absolute Gasteiger partial charge is 0.357 e. The van der Waals surface area contributed by atoms with E-state index in [1.807, 2.05) is 17.5 Å². The van der Waals surface area contributed by atoms with Crippen molar-refractivity contribution in [3.8, 4) is 5.13 Å². The average molecular weight is 396 g/mol. The van der Waals surface area contributed by atoms with E-state index in [1.54, 1.807) is 17.5 Å². The molecule has 3 aromatic heterocycles. The first kappa shape index (κ1) is 18.7. The van der Waals surface area contributed by atoms with Crippen LogP contribution in [0.3, 0.4) is 0 Å². The quantitative estimate of drug-likeness (QED) is 0.706. The van der Waals surface area contributed by atoms with Crippen LogP contribution in [0.2, 0.25) is 0 Å². The Morgan fingerprint density at radius 1 is 1.11 bits per heavy atom. The van der Waals surface area contributed by atoms with Crippen molar-refractivity contribution in [1.29, 1.82) is 0 Å². The minimum absolute atomic E-state index is 0.0784. The van der Waals surface area contributed by atoms with Crippen LogP contribution in [0.4, 0.5) is 11.5 Å². The lowest BCUT2D eigenvalue weighted by molar-refractivity contribution is -0.115. The molecular weight excluding hydrogens is 370 g/mol. The minimum atomic E-state index is -0.0784. The molecule has 1 aliphatic rings. The maximum absolute atomic E-state index is 12.4. The van der Waals surface area contributed by atoms with Gasteiger partial charge < -0.3 is 10.2 Å². The topological polar surface area (TPSA) is 63.1 Å². The first-order chi connectivity index (χ1) is 13.6. The summed E-state index contributed by atoms with van der Waals surface area (Å²) in [5.74, 6) is 0.907. The molecule has 0 aromatic carbocycles. The van der Waals surface area contributed by atoms with Crippen LogP contribution in [0, 0.1) is 13.8 Å². The second-order valence-electron chi connectivity index (χ2n) is 7.25. The van der Waals surface area contributed by atoms with E-state index in [2.05, 4.69) is 50.7 Å². The number of hydrogen-bond acceptors (Lipinski definition) is 5. The summed E-state index contributed by atoms with van der Waals surface area (Å²) >= 11 is 1.56. The van der Waals surface area contributed by atoms with Crippen LogP contribution < -0.4 is 10.2 Å². The molecule has 4 heterocycles. The normalized spacial score (nSPS) is 14.3. The molecule has 1 saturated heterocycles. The Morgan fingerprint density at radius 2 is 1.86 bits per heavy atom. The van der Waals surface area contributed by atoms with Crippen molar-refractivity contribution in [2.75, 3.05) is 23.3 Å². The molecule has 0 aliphatic carbocycles. The second kappa shape index (κ2) is 8.14. The molecule has 3 aromatic rings. The van der Waals surface area contributed by atoms with Gasteiger partial charge in [0.2, 0.25) is 5.91 Å². The van der Waals surface area contributed by atoms with E-state index in [9.17, 15) is 4.79 Å². The van der Waals surface area contributed by atoms with Gasteiger partial charge in [0.25, 0.3) is 0 Å². The van der Waals surface area contributed by atoms with E-state index in [0.29, 0.717) is 0 Å². The summed E-state index contributed by atoms with van der Waals surface area (Å²) in [5.41, 5.74) is 3.78. The molecule has 0 radical (unpaired) electrons. The van der Waals surface area contributed by atoms with Gasteiger partial charge in [0.15, 0.2) is 5.13 Å². The molecule has 28 heavy (non-hydrogen) atoms. The lowest BCUT2D eigenvalue weighted by atomic mass is 10.1. The third-order valence-corrected chi connectivity index (χ3v) is 5.93. The number of anilines is 2. The number of piperidine rings is 1. The van der Waals surface area contributed by atoms with Gasteiger partial charge >= 0.3 is 0 Å². The standard InChI is InChI=1S/C21H25N5OS/c1-15-6-7-16(2)26(15)21-24-18(14-28-21)12-20(27)23-17-8-9-19(22-13-17)25-10-4-3-5-11-25/h6-9,13-14H,3-5,10-12H2,1-2H3,(H,23,27). The number of aromatic nitrogens is 3. The smallest absolute Gasteiger partial charge is 0.230 e. The van der Waals surface area contributed by atoms with Gasteiger partial charge in [-0.15, -0.1) is 11.3 Å². The third kappa shape index (κ3) is 4.09. The van der Waals surface area contributed by atoms with Crippen LogP contribution in [0.5, 0.6) is 0 Å². The number of aryl methyl sites for hydroxylation is 2. The monoisotopic (exact) mass is 395 g/mol. The molecule has 0 unspecified atom stereocenters. The van der Waals surface area contributed by atoms with Gasteiger partial charge in [0.1, 0.15) is 5.82 Å². The summed E-state index contributed by atoms with van der Waals surface area (Å²) in [7, 11) is 0. The van der Waals surface area contributed by atoms with Crippen molar-refractivity contribution in [2.45, 2.75) is 39.5 Å². The third-order valence-electron chi connectivity index (χ3n) is 5.06. The van der Waals surface area contributed by atoms with Gasteiger partial charge in [-0.05, 0) is 57.4 Å². The van der Waals surface area contributed by atoms with Crippen LogP contribution in [-0.4, -0.2) is 33.5 Å². The van der Waals surface area contributed by atoms with Crippen molar-refractivity contribution in [3.05, 3.63) is 52.9 Å². The van der Waals surface area contributed by atoms with E-state index < -0.39 is 0 Å².